The molecule has 0 saturated heterocycles. The van der Waals surface area contributed by atoms with E-state index in [9.17, 15) is 19.5 Å². The second-order valence-corrected chi connectivity index (χ2v) is 7.14. The number of methoxy groups -OCH3 is 1. The molecule has 0 spiro atoms. The van der Waals surface area contributed by atoms with Gasteiger partial charge in [-0.15, -0.1) is 0 Å². The van der Waals surface area contributed by atoms with Gasteiger partial charge in [-0.05, 0) is 30.3 Å². The number of hydrogen-bond acceptors (Lipinski definition) is 8. The number of carbonyl (C=O) groups excluding carboxylic acids is 3. The summed E-state index contributed by atoms with van der Waals surface area (Å²) in [6.45, 7) is 0.941. The minimum atomic E-state index is -1.31. The van der Waals surface area contributed by atoms with Crippen LogP contribution in [0.3, 0.4) is 0 Å². The van der Waals surface area contributed by atoms with Crippen molar-refractivity contribution in [2.24, 2.45) is 0 Å². The zero-order valence-corrected chi connectivity index (χ0v) is 17.7. The molecule has 0 radical (unpaired) electrons. The summed E-state index contributed by atoms with van der Waals surface area (Å²) in [6, 6.07) is 16.6. The van der Waals surface area contributed by atoms with E-state index in [-0.39, 0.29) is 12.2 Å². The molecule has 0 unspecified atom stereocenters. The molecule has 0 heterocycles. The van der Waals surface area contributed by atoms with Crippen molar-refractivity contribution in [2.45, 2.75) is 31.3 Å². The van der Waals surface area contributed by atoms with Gasteiger partial charge >= 0.3 is 17.9 Å². The third kappa shape index (κ3) is 5.60. The van der Waals surface area contributed by atoms with Gasteiger partial charge in [-0.3, -0.25) is 4.79 Å². The second kappa shape index (κ2) is 10.7. The van der Waals surface area contributed by atoms with Crippen molar-refractivity contribution in [3.63, 3.8) is 0 Å². The molecule has 2 aromatic rings. The zero-order chi connectivity index (χ0) is 23.1. The van der Waals surface area contributed by atoms with Gasteiger partial charge in [0.25, 0.3) is 0 Å². The highest BCUT2D eigenvalue weighted by Gasteiger charge is 2.44. The first kappa shape index (κ1) is 23.2. The molecule has 1 aliphatic carbocycles. The summed E-state index contributed by atoms with van der Waals surface area (Å²) in [5.41, 5.74) is 0.942. The van der Waals surface area contributed by atoms with E-state index in [1.807, 2.05) is 0 Å². The van der Waals surface area contributed by atoms with Crippen LogP contribution in [-0.2, 0) is 23.7 Å². The highest BCUT2D eigenvalue weighted by Crippen LogP contribution is 2.28. The quantitative estimate of drug-likeness (QED) is 0.397. The van der Waals surface area contributed by atoms with E-state index in [4.69, 9.17) is 18.9 Å². The fourth-order valence-electron chi connectivity index (χ4n) is 3.34. The molecule has 1 N–H and O–H groups in total. The zero-order valence-electron chi connectivity index (χ0n) is 17.7. The van der Waals surface area contributed by atoms with Crippen molar-refractivity contribution in [3.8, 4) is 0 Å². The number of ether oxygens (including phenoxy) is 4. The summed E-state index contributed by atoms with van der Waals surface area (Å²) < 4.78 is 21.6. The summed E-state index contributed by atoms with van der Waals surface area (Å²) in [4.78, 5) is 36.7. The Balaban J connectivity index is 1.84. The molecule has 8 nitrogen and oxygen atoms in total. The average Bonchev–Trinajstić information content (AvgIpc) is 2.81. The number of carbonyl (C=O) groups is 3. The number of aliphatic hydroxyl groups is 1. The van der Waals surface area contributed by atoms with Crippen LogP contribution in [0.25, 0.3) is 0 Å². The Kier molecular flexibility index (Phi) is 7.75. The molecular formula is C24H24O8. The number of hydrogen-bond donors (Lipinski definition) is 1. The fraction of sp³-hybridized carbons (Fsp3) is 0.292. The monoisotopic (exact) mass is 440 g/mol. The summed E-state index contributed by atoms with van der Waals surface area (Å²) in [7, 11) is 1.38. The van der Waals surface area contributed by atoms with Crippen LogP contribution in [0.4, 0.5) is 0 Å². The van der Waals surface area contributed by atoms with Gasteiger partial charge in [0.1, 0.15) is 18.8 Å². The van der Waals surface area contributed by atoms with Crippen molar-refractivity contribution in [2.75, 3.05) is 13.7 Å². The maximum absolute atomic E-state index is 12.6. The van der Waals surface area contributed by atoms with Crippen LogP contribution >= 0.6 is 0 Å². The van der Waals surface area contributed by atoms with Gasteiger partial charge in [0.05, 0.1) is 11.1 Å². The number of esters is 3. The van der Waals surface area contributed by atoms with E-state index in [0.717, 1.165) is 0 Å². The molecule has 2 aromatic carbocycles. The van der Waals surface area contributed by atoms with Crippen LogP contribution in [0.1, 0.15) is 27.6 Å². The Bertz CT molecular complexity index is 970. The lowest BCUT2D eigenvalue weighted by molar-refractivity contribution is -0.161. The predicted molar refractivity (Wildman–Crippen MR) is 113 cm³/mol. The molecule has 0 saturated carbocycles. The van der Waals surface area contributed by atoms with E-state index in [1.165, 1.54) is 20.1 Å². The Hall–Kier alpha value is -3.49. The van der Waals surface area contributed by atoms with Crippen molar-refractivity contribution >= 4 is 17.9 Å². The lowest BCUT2D eigenvalue weighted by atomic mass is 9.89. The van der Waals surface area contributed by atoms with E-state index in [1.54, 1.807) is 60.7 Å². The third-order valence-electron chi connectivity index (χ3n) is 4.91. The normalized spacial score (nSPS) is 22.4. The largest absolute Gasteiger partial charge is 0.457 e. The van der Waals surface area contributed by atoms with Gasteiger partial charge < -0.3 is 24.1 Å². The molecule has 32 heavy (non-hydrogen) atoms. The topological polar surface area (TPSA) is 108 Å². The molecule has 3 rings (SSSR count). The third-order valence-corrected chi connectivity index (χ3v) is 4.91. The Morgan fingerprint density at radius 2 is 1.44 bits per heavy atom. The van der Waals surface area contributed by atoms with Crippen LogP contribution in [0.15, 0.2) is 72.3 Å². The number of rotatable bonds is 7. The van der Waals surface area contributed by atoms with Crippen molar-refractivity contribution in [1.29, 1.82) is 0 Å². The van der Waals surface area contributed by atoms with Gasteiger partial charge in [0.15, 0.2) is 12.2 Å². The molecule has 4 atom stereocenters. The number of aliphatic hydroxyl groups excluding tert-OH is 1. The smallest absolute Gasteiger partial charge is 0.338 e. The SMILES string of the molecule is CO[C@H]1C=C(COC(=O)c2ccccc2)[C@H](OC(C)=O)[C@@H](OC(=O)c2ccccc2)[C@@H]1O. The van der Waals surface area contributed by atoms with Crippen LogP contribution in [-0.4, -0.2) is 61.1 Å². The molecule has 0 amide bonds. The Morgan fingerprint density at radius 3 is 1.97 bits per heavy atom. The second-order valence-electron chi connectivity index (χ2n) is 7.14. The van der Waals surface area contributed by atoms with Crippen LogP contribution in [0.5, 0.6) is 0 Å². The van der Waals surface area contributed by atoms with Gasteiger partial charge in [-0.2, -0.15) is 0 Å². The lowest BCUT2D eigenvalue weighted by Crippen LogP contribution is -2.53. The van der Waals surface area contributed by atoms with E-state index in [0.29, 0.717) is 11.1 Å². The molecule has 0 bridgehead atoms. The van der Waals surface area contributed by atoms with Crippen LogP contribution < -0.4 is 0 Å². The van der Waals surface area contributed by atoms with Crippen molar-refractivity contribution in [1.82, 2.24) is 0 Å². The first-order valence-electron chi connectivity index (χ1n) is 9.97. The van der Waals surface area contributed by atoms with Crippen molar-refractivity contribution in [3.05, 3.63) is 83.4 Å². The summed E-state index contributed by atoms with van der Waals surface area (Å²) in [5.74, 6) is -1.94. The van der Waals surface area contributed by atoms with Gasteiger partial charge in [0.2, 0.25) is 0 Å². The lowest BCUT2D eigenvalue weighted by Gasteiger charge is -2.37. The van der Waals surface area contributed by atoms with E-state index in [2.05, 4.69) is 0 Å². The minimum Gasteiger partial charge on any atom is -0.457 e. The average molecular weight is 440 g/mol. The van der Waals surface area contributed by atoms with E-state index >= 15 is 0 Å². The fourth-order valence-corrected chi connectivity index (χ4v) is 3.34. The Morgan fingerprint density at radius 1 is 0.875 bits per heavy atom. The standard InChI is InChI=1S/C24H24O8/c1-15(25)31-21-18(14-30-23(27)16-9-5-3-6-10-16)13-19(29-2)20(26)22(21)32-24(28)17-11-7-4-8-12-17/h3-13,19-22,26H,14H2,1-2H3/t19-,20+,21-,22-/m0/s1. The Labute approximate surface area is 185 Å². The van der Waals surface area contributed by atoms with Gasteiger partial charge in [-0.25, -0.2) is 9.59 Å². The highest BCUT2D eigenvalue weighted by molar-refractivity contribution is 5.90. The van der Waals surface area contributed by atoms with Gasteiger partial charge in [0, 0.05) is 19.6 Å². The molecule has 0 fully saturated rings. The number of benzene rings is 2. The maximum atomic E-state index is 12.6. The predicted octanol–water partition coefficient (Wildman–Crippen LogP) is 2.32. The maximum Gasteiger partial charge on any atom is 0.338 e. The first-order valence-corrected chi connectivity index (χ1v) is 9.97. The highest BCUT2D eigenvalue weighted by atomic mass is 16.6. The summed E-state index contributed by atoms with van der Waals surface area (Å²) >= 11 is 0. The van der Waals surface area contributed by atoms with E-state index < -0.39 is 42.3 Å². The minimum absolute atomic E-state index is 0.252. The molecule has 168 valence electrons. The molecular weight excluding hydrogens is 416 g/mol. The van der Waals surface area contributed by atoms with Crippen LogP contribution in [0.2, 0.25) is 0 Å². The molecule has 8 heteroatoms. The molecule has 0 aliphatic heterocycles. The molecule has 1 aliphatic rings. The summed E-state index contributed by atoms with van der Waals surface area (Å²) in [6.07, 6.45) is -3.12. The molecule has 0 aromatic heterocycles. The van der Waals surface area contributed by atoms with Gasteiger partial charge in [-0.1, -0.05) is 36.4 Å². The van der Waals surface area contributed by atoms with Crippen LogP contribution in [0, 0.1) is 0 Å². The first-order chi connectivity index (χ1) is 15.4. The summed E-state index contributed by atoms with van der Waals surface area (Å²) in [5, 5.41) is 10.7. The van der Waals surface area contributed by atoms with Crippen molar-refractivity contribution < 1.29 is 38.4 Å².